The molecule has 0 atom stereocenters. The second-order valence-corrected chi connectivity index (χ2v) is 6.84. The molecule has 1 fully saturated rings. The van der Waals surface area contributed by atoms with Crippen LogP contribution < -0.4 is 5.56 Å². The van der Waals surface area contributed by atoms with Crippen molar-refractivity contribution in [2.45, 2.75) is 18.0 Å². The summed E-state index contributed by atoms with van der Waals surface area (Å²) >= 11 is 1.25. The average Bonchev–Trinajstić information content (AvgIpc) is 3.30. The van der Waals surface area contributed by atoms with Crippen molar-refractivity contribution >= 4 is 28.7 Å². The number of para-hydroxylation sites is 1. The topological polar surface area (TPSA) is 83.9 Å². The molecule has 0 unspecified atom stereocenters. The van der Waals surface area contributed by atoms with Gasteiger partial charge in [0.15, 0.2) is 10.8 Å². The van der Waals surface area contributed by atoms with Crippen LogP contribution in [0.1, 0.15) is 12.8 Å². The quantitative estimate of drug-likeness (QED) is 0.570. The van der Waals surface area contributed by atoms with Crippen molar-refractivity contribution in [1.29, 1.82) is 0 Å². The Bertz CT molecular complexity index is 960. The van der Waals surface area contributed by atoms with Crippen molar-refractivity contribution in [3.05, 3.63) is 46.9 Å². The van der Waals surface area contributed by atoms with Crippen LogP contribution in [0.25, 0.3) is 16.7 Å². The highest BCUT2D eigenvalue weighted by molar-refractivity contribution is 7.99. The van der Waals surface area contributed by atoms with Gasteiger partial charge in [0.05, 0.1) is 17.6 Å². The van der Waals surface area contributed by atoms with E-state index in [1.807, 2.05) is 35.2 Å². The minimum absolute atomic E-state index is 0.0850. The molecule has 0 aliphatic carbocycles. The number of hydrogen-bond acceptors (Lipinski definition) is 5. The van der Waals surface area contributed by atoms with E-state index in [2.05, 4.69) is 15.1 Å². The molecular weight excluding hydrogens is 338 g/mol. The van der Waals surface area contributed by atoms with Crippen LogP contribution in [0.15, 0.2) is 46.5 Å². The zero-order chi connectivity index (χ0) is 17.2. The molecule has 3 heterocycles. The summed E-state index contributed by atoms with van der Waals surface area (Å²) in [6.45, 7) is 1.65. The van der Waals surface area contributed by atoms with E-state index in [4.69, 9.17) is 0 Å². The molecule has 1 aliphatic heterocycles. The SMILES string of the molecule is O=C(CSc1nc2c(cnn2-c2ccccc2)c(=O)[nH]1)N1CCCC1. The molecule has 1 aliphatic rings. The first-order valence-electron chi connectivity index (χ1n) is 8.16. The summed E-state index contributed by atoms with van der Waals surface area (Å²) in [6.07, 6.45) is 3.64. The molecule has 8 heteroatoms. The number of likely N-dealkylation sites (tertiary alicyclic amines) is 1. The van der Waals surface area contributed by atoms with Gasteiger partial charge in [0.2, 0.25) is 5.91 Å². The first-order valence-corrected chi connectivity index (χ1v) is 9.15. The molecule has 1 aromatic carbocycles. The van der Waals surface area contributed by atoms with Crippen molar-refractivity contribution < 1.29 is 4.79 Å². The normalized spacial score (nSPS) is 14.3. The number of benzene rings is 1. The minimum Gasteiger partial charge on any atom is -0.342 e. The molecule has 0 radical (unpaired) electrons. The van der Waals surface area contributed by atoms with Gasteiger partial charge >= 0.3 is 0 Å². The average molecular weight is 355 g/mol. The maximum Gasteiger partial charge on any atom is 0.262 e. The number of carbonyl (C=O) groups is 1. The fraction of sp³-hybridized carbons (Fsp3) is 0.294. The van der Waals surface area contributed by atoms with Gasteiger partial charge in [0.25, 0.3) is 5.56 Å². The van der Waals surface area contributed by atoms with Gasteiger partial charge in [-0.2, -0.15) is 5.10 Å². The summed E-state index contributed by atoms with van der Waals surface area (Å²) in [6, 6.07) is 9.53. The van der Waals surface area contributed by atoms with E-state index in [1.165, 1.54) is 18.0 Å². The molecule has 1 amide bonds. The molecule has 0 saturated carbocycles. The molecule has 0 bridgehead atoms. The number of aromatic nitrogens is 4. The highest BCUT2D eigenvalue weighted by Crippen LogP contribution is 2.19. The lowest BCUT2D eigenvalue weighted by molar-refractivity contribution is -0.127. The van der Waals surface area contributed by atoms with Gasteiger partial charge in [-0.3, -0.25) is 9.59 Å². The van der Waals surface area contributed by atoms with Crippen LogP contribution in [0.3, 0.4) is 0 Å². The number of rotatable bonds is 4. The van der Waals surface area contributed by atoms with Crippen LogP contribution in [0, 0.1) is 0 Å². The summed E-state index contributed by atoms with van der Waals surface area (Å²) < 4.78 is 1.64. The second-order valence-electron chi connectivity index (χ2n) is 5.88. The Morgan fingerprint density at radius 1 is 1.20 bits per heavy atom. The van der Waals surface area contributed by atoms with Crippen LogP contribution in [-0.4, -0.2) is 49.4 Å². The first-order chi connectivity index (χ1) is 12.2. The van der Waals surface area contributed by atoms with E-state index in [1.54, 1.807) is 4.68 Å². The lowest BCUT2D eigenvalue weighted by atomic mass is 10.3. The number of hydrogen-bond donors (Lipinski definition) is 1. The Balaban J connectivity index is 1.62. The lowest BCUT2D eigenvalue weighted by Gasteiger charge is -2.14. The lowest BCUT2D eigenvalue weighted by Crippen LogP contribution is -2.29. The number of nitrogens with zero attached hydrogens (tertiary/aromatic N) is 4. The Morgan fingerprint density at radius 2 is 1.96 bits per heavy atom. The van der Waals surface area contributed by atoms with Crippen molar-refractivity contribution in [3.8, 4) is 5.69 Å². The Morgan fingerprint density at radius 3 is 2.72 bits per heavy atom. The molecule has 128 valence electrons. The minimum atomic E-state index is -0.247. The predicted molar refractivity (Wildman–Crippen MR) is 96.0 cm³/mol. The maximum atomic E-state index is 12.3. The third-order valence-corrected chi connectivity index (χ3v) is 5.07. The molecular formula is C17H17N5O2S. The standard InChI is InChI=1S/C17H17N5O2S/c23-14(21-8-4-5-9-21)11-25-17-19-15-13(16(24)20-17)10-18-22(15)12-6-2-1-3-7-12/h1-3,6-7,10H,4-5,8-9,11H2,(H,19,20,24). The van der Waals surface area contributed by atoms with Gasteiger partial charge in [-0.1, -0.05) is 30.0 Å². The number of amides is 1. The predicted octanol–water partition coefficient (Wildman–Crippen LogP) is 1.82. The second kappa shape index (κ2) is 6.72. The maximum absolute atomic E-state index is 12.3. The Hall–Kier alpha value is -2.61. The summed E-state index contributed by atoms with van der Waals surface area (Å²) in [7, 11) is 0. The van der Waals surface area contributed by atoms with Gasteiger partial charge in [-0.05, 0) is 25.0 Å². The highest BCUT2D eigenvalue weighted by Gasteiger charge is 2.19. The summed E-state index contributed by atoms with van der Waals surface area (Å²) in [5.74, 6) is 0.357. The molecule has 7 nitrogen and oxygen atoms in total. The molecule has 4 rings (SSSR count). The van der Waals surface area contributed by atoms with E-state index < -0.39 is 0 Å². The van der Waals surface area contributed by atoms with Gasteiger partial charge in [0.1, 0.15) is 5.39 Å². The van der Waals surface area contributed by atoms with Crippen LogP contribution in [0.2, 0.25) is 0 Å². The van der Waals surface area contributed by atoms with Crippen LogP contribution in [0.5, 0.6) is 0 Å². The van der Waals surface area contributed by atoms with E-state index in [-0.39, 0.29) is 17.2 Å². The summed E-state index contributed by atoms with van der Waals surface area (Å²) in [5, 5.41) is 5.14. The number of fused-ring (bicyclic) bond motifs is 1. The van der Waals surface area contributed by atoms with Crippen LogP contribution >= 0.6 is 11.8 Å². The van der Waals surface area contributed by atoms with E-state index in [9.17, 15) is 9.59 Å². The molecule has 2 aromatic heterocycles. The monoisotopic (exact) mass is 355 g/mol. The van der Waals surface area contributed by atoms with Gasteiger partial charge in [0, 0.05) is 13.1 Å². The number of carbonyl (C=O) groups excluding carboxylic acids is 1. The van der Waals surface area contributed by atoms with Gasteiger partial charge < -0.3 is 9.88 Å². The third-order valence-electron chi connectivity index (χ3n) is 4.21. The highest BCUT2D eigenvalue weighted by atomic mass is 32.2. The Kier molecular flexibility index (Phi) is 4.27. The molecule has 3 aromatic rings. The molecule has 1 saturated heterocycles. The molecule has 0 spiro atoms. The van der Waals surface area contributed by atoms with Crippen LogP contribution in [0.4, 0.5) is 0 Å². The fourth-order valence-electron chi connectivity index (χ4n) is 2.91. The number of H-pyrrole nitrogens is 1. The molecule has 1 N–H and O–H groups in total. The zero-order valence-corrected chi connectivity index (χ0v) is 14.3. The number of nitrogens with one attached hydrogen (secondary N) is 1. The van der Waals surface area contributed by atoms with Crippen LogP contribution in [-0.2, 0) is 4.79 Å². The fourth-order valence-corrected chi connectivity index (χ4v) is 3.67. The largest absolute Gasteiger partial charge is 0.342 e. The van der Waals surface area contributed by atoms with E-state index >= 15 is 0 Å². The van der Waals surface area contributed by atoms with Crippen molar-refractivity contribution in [2.75, 3.05) is 18.8 Å². The van der Waals surface area contributed by atoms with Crippen molar-refractivity contribution in [3.63, 3.8) is 0 Å². The summed E-state index contributed by atoms with van der Waals surface area (Å²) in [4.78, 5) is 33.6. The molecule has 25 heavy (non-hydrogen) atoms. The van der Waals surface area contributed by atoms with Gasteiger partial charge in [-0.25, -0.2) is 9.67 Å². The van der Waals surface area contributed by atoms with Gasteiger partial charge in [-0.15, -0.1) is 0 Å². The smallest absolute Gasteiger partial charge is 0.262 e. The van der Waals surface area contributed by atoms with Crippen molar-refractivity contribution in [2.24, 2.45) is 0 Å². The summed E-state index contributed by atoms with van der Waals surface area (Å²) in [5.41, 5.74) is 1.08. The van der Waals surface area contributed by atoms with Crippen molar-refractivity contribution in [1.82, 2.24) is 24.6 Å². The Labute approximate surface area is 148 Å². The van der Waals surface area contributed by atoms with E-state index in [0.29, 0.717) is 16.2 Å². The zero-order valence-electron chi connectivity index (χ0n) is 13.5. The third kappa shape index (κ3) is 3.17. The first kappa shape index (κ1) is 15.9. The van der Waals surface area contributed by atoms with E-state index in [0.717, 1.165) is 31.6 Å². The number of thioether (sulfide) groups is 1. The number of aromatic amines is 1.